The maximum atomic E-state index is 11.7. The Morgan fingerprint density at radius 3 is 2.59 bits per heavy atom. The predicted molar refractivity (Wildman–Crippen MR) is 58.7 cm³/mol. The molecule has 17 heavy (non-hydrogen) atoms. The normalized spacial score (nSPS) is 16.3. The van der Waals surface area contributed by atoms with Gasteiger partial charge in [-0.25, -0.2) is 14.8 Å². The van der Waals surface area contributed by atoms with Crippen LogP contribution in [0.25, 0.3) is 0 Å². The highest BCUT2D eigenvalue weighted by atomic mass is 35.5. The van der Waals surface area contributed by atoms with E-state index in [2.05, 4.69) is 15.3 Å². The van der Waals surface area contributed by atoms with Gasteiger partial charge in [0.2, 0.25) is 0 Å². The molecular weight excluding hydrogens is 246 g/mol. The summed E-state index contributed by atoms with van der Waals surface area (Å²) in [5.41, 5.74) is 0.0568. The van der Waals surface area contributed by atoms with E-state index >= 15 is 0 Å². The molecule has 0 saturated heterocycles. The lowest BCUT2D eigenvalue weighted by Gasteiger charge is -2.12. The second kappa shape index (κ2) is 4.67. The summed E-state index contributed by atoms with van der Waals surface area (Å²) in [4.78, 5) is 30.1. The van der Waals surface area contributed by atoms with Crippen LogP contribution in [-0.2, 0) is 4.79 Å². The molecule has 0 bridgehead atoms. The summed E-state index contributed by atoms with van der Waals surface area (Å²) in [7, 11) is 0. The molecule has 1 atom stereocenters. The predicted octanol–water partition coefficient (Wildman–Crippen LogP) is 0.723. The second-order valence-corrected chi connectivity index (χ2v) is 4.24. The van der Waals surface area contributed by atoms with Gasteiger partial charge in [0.05, 0.1) is 12.4 Å². The summed E-state index contributed by atoms with van der Waals surface area (Å²) in [5.74, 6) is -1.55. The highest BCUT2D eigenvalue weighted by molar-refractivity contribution is 6.29. The van der Waals surface area contributed by atoms with Crippen molar-refractivity contribution in [1.82, 2.24) is 15.3 Å². The van der Waals surface area contributed by atoms with Gasteiger partial charge in [-0.1, -0.05) is 11.6 Å². The summed E-state index contributed by atoms with van der Waals surface area (Å²) in [6.07, 6.45) is 4.10. The first-order valence-electron chi connectivity index (χ1n) is 5.09. The molecule has 2 N–H and O–H groups in total. The second-order valence-electron chi connectivity index (χ2n) is 3.85. The molecule has 7 heteroatoms. The Balaban J connectivity index is 2.04. The topological polar surface area (TPSA) is 92.2 Å². The van der Waals surface area contributed by atoms with E-state index in [1.165, 1.54) is 12.4 Å². The molecule has 6 nitrogen and oxygen atoms in total. The van der Waals surface area contributed by atoms with E-state index in [-0.39, 0.29) is 16.8 Å². The number of carboxylic acid groups (broad SMARTS) is 1. The quantitative estimate of drug-likeness (QED) is 0.827. The Hall–Kier alpha value is -1.69. The van der Waals surface area contributed by atoms with Crippen LogP contribution in [0.2, 0.25) is 5.15 Å². The van der Waals surface area contributed by atoms with Gasteiger partial charge in [0.15, 0.2) is 0 Å². The van der Waals surface area contributed by atoms with E-state index in [9.17, 15) is 9.59 Å². The summed E-state index contributed by atoms with van der Waals surface area (Å²) in [5, 5.41) is 11.6. The average molecular weight is 256 g/mol. The van der Waals surface area contributed by atoms with Crippen LogP contribution in [0, 0.1) is 5.92 Å². The average Bonchev–Trinajstić information content (AvgIpc) is 3.10. The van der Waals surface area contributed by atoms with Gasteiger partial charge < -0.3 is 10.4 Å². The molecule has 90 valence electrons. The summed E-state index contributed by atoms with van der Waals surface area (Å²) < 4.78 is 0. The molecule has 1 fully saturated rings. The van der Waals surface area contributed by atoms with Crippen molar-refractivity contribution >= 4 is 23.5 Å². The Bertz CT molecular complexity index is 445. The van der Waals surface area contributed by atoms with E-state index in [4.69, 9.17) is 16.7 Å². The fourth-order valence-electron chi connectivity index (χ4n) is 1.46. The summed E-state index contributed by atoms with van der Waals surface area (Å²) in [6, 6.07) is -0.847. The minimum atomic E-state index is -1.03. The molecule has 1 amide bonds. The van der Waals surface area contributed by atoms with E-state index in [1.807, 2.05) is 0 Å². The highest BCUT2D eigenvalue weighted by Gasteiger charge is 2.37. The number of carbonyl (C=O) groups is 2. The van der Waals surface area contributed by atoms with Crippen molar-refractivity contribution in [2.24, 2.45) is 5.92 Å². The van der Waals surface area contributed by atoms with Gasteiger partial charge in [-0.3, -0.25) is 4.79 Å². The number of carbonyl (C=O) groups excluding carboxylic acids is 1. The third kappa shape index (κ3) is 2.91. The van der Waals surface area contributed by atoms with Crippen LogP contribution in [-0.4, -0.2) is 33.0 Å². The molecular formula is C10H10ClN3O3. The lowest BCUT2D eigenvalue weighted by Crippen LogP contribution is -2.42. The van der Waals surface area contributed by atoms with Crippen molar-refractivity contribution in [2.45, 2.75) is 18.9 Å². The van der Waals surface area contributed by atoms with Crippen molar-refractivity contribution in [1.29, 1.82) is 0 Å². The highest BCUT2D eigenvalue weighted by Crippen LogP contribution is 2.32. The van der Waals surface area contributed by atoms with Gasteiger partial charge in [0.25, 0.3) is 5.91 Å². The summed E-state index contributed by atoms with van der Waals surface area (Å²) >= 11 is 5.53. The number of amides is 1. The number of aromatic nitrogens is 2. The van der Waals surface area contributed by atoms with Crippen molar-refractivity contribution in [3.05, 3.63) is 23.2 Å². The molecule has 1 aliphatic carbocycles. The molecule has 1 heterocycles. The first-order chi connectivity index (χ1) is 8.08. The smallest absolute Gasteiger partial charge is 0.326 e. The minimum Gasteiger partial charge on any atom is -0.480 e. The Kier molecular flexibility index (Phi) is 3.23. The zero-order valence-corrected chi connectivity index (χ0v) is 9.52. The molecule has 0 aliphatic heterocycles. The lowest BCUT2D eigenvalue weighted by molar-refractivity contribution is -0.139. The van der Waals surface area contributed by atoms with E-state index in [0.29, 0.717) is 0 Å². The SMILES string of the molecule is O=C(NC(C(=O)O)C1CC1)c1cnc(Cl)cn1. The molecule has 1 aromatic heterocycles. The van der Waals surface area contributed by atoms with E-state index < -0.39 is 17.9 Å². The number of carboxylic acids is 1. The fraction of sp³-hybridized carbons (Fsp3) is 0.400. The van der Waals surface area contributed by atoms with Gasteiger partial charge in [-0.2, -0.15) is 0 Å². The Labute approximate surface area is 102 Å². The van der Waals surface area contributed by atoms with Gasteiger partial charge >= 0.3 is 5.97 Å². The molecule has 1 unspecified atom stereocenters. The van der Waals surface area contributed by atoms with Crippen LogP contribution in [0.4, 0.5) is 0 Å². The largest absolute Gasteiger partial charge is 0.480 e. The molecule has 1 saturated carbocycles. The van der Waals surface area contributed by atoms with Crippen molar-refractivity contribution in [2.75, 3.05) is 0 Å². The number of nitrogens with zero attached hydrogens (tertiary/aromatic N) is 2. The van der Waals surface area contributed by atoms with Crippen LogP contribution in [0.1, 0.15) is 23.3 Å². The first-order valence-corrected chi connectivity index (χ1v) is 5.47. The number of halogens is 1. The Morgan fingerprint density at radius 2 is 2.12 bits per heavy atom. The first kappa shape index (κ1) is 11.8. The lowest BCUT2D eigenvalue weighted by atomic mass is 10.2. The van der Waals surface area contributed by atoms with E-state index in [1.54, 1.807) is 0 Å². The van der Waals surface area contributed by atoms with Crippen LogP contribution < -0.4 is 5.32 Å². The fourth-order valence-corrected chi connectivity index (χ4v) is 1.55. The van der Waals surface area contributed by atoms with Crippen LogP contribution >= 0.6 is 11.6 Å². The maximum absolute atomic E-state index is 11.7. The van der Waals surface area contributed by atoms with Gasteiger partial charge in [0, 0.05) is 0 Å². The number of rotatable bonds is 4. The number of hydrogen-bond acceptors (Lipinski definition) is 4. The van der Waals surface area contributed by atoms with Crippen molar-refractivity contribution < 1.29 is 14.7 Å². The summed E-state index contributed by atoms with van der Waals surface area (Å²) in [6.45, 7) is 0. The van der Waals surface area contributed by atoms with E-state index in [0.717, 1.165) is 12.8 Å². The number of hydrogen-bond donors (Lipinski definition) is 2. The van der Waals surface area contributed by atoms with Crippen LogP contribution in [0.15, 0.2) is 12.4 Å². The van der Waals surface area contributed by atoms with Gasteiger partial charge in [-0.05, 0) is 18.8 Å². The van der Waals surface area contributed by atoms with Crippen LogP contribution in [0.5, 0.6) is 0 Å². The molecule has 0 aromatic carbocycles. The Morgan fingerprint density at radius 1 is 1.41 bits per heavy atom. The zero-order valence-electron chi connectivity index (χ0n) is 8.76. The van der Waals surface area contributed by atoms with Crippen LogP contribution in [0.3, 0.4) is 0 Å². The zero-order chi connectivity index (χ0) is 12.4. The third-order valence-corrected chi connectivity index (χ3v) is 2.69. The molecule has 0 spiro atoms. The third-order valence-electron chi connectivity index (χ3n) is 2.50. The number of nitrogens with one attached hydrogen (secondary N) is 1. The van der Waals surface area contributed by atoms with Crippen molar-refractivity contribution in [3.63, 3.8) is 0 Å². The minimum absolute atomic E-state index is 0.0247. The van der Waals surface area contributed by atoms with Crippen molar-refractivity contribution in [3.8, 4) is 0 Å². The van der Waals surface area contributed by atoms with Gasteiger partial charge in [0.1, 0.15) is 16.9 Å². The molecule has 1 aliphatic rings. The molecule has 1 aromatic rings. The number of aliphatic carboxylic acids is 1. The standard InChI is InChI=1S/C10H10ClN3O3/c11-7-4-12-6(3-13-7)9(15)14-8(10(16)17)5-1-2-5/h3-5,8H,1-2H2,(H,14,15)(H,16,17). The maximum Gasteiger partial charge on any atom is 0.326 e. The molecule has 2 rings (SSSR count). The van der Waals surface area contributed by atoms with Gasteiger partial charge in [-0.15, -0.1) is 0 Å². The molecule has 0 radical (unpaired) electrons. The monoisotopic (exact) mass is 255 g/mol.